The molecule has 3 rings (SSSR count). The molecule has 1 unspecified atom stereocenters. The van der Waals surface area contributed by atoms with Crippen molar-refractivity contribution in [2.75, 3.05) is 26.2 Å². The van der Waals surface area contributed by atoms with Crippen LogP contribution >= 0.6 is 0 Å². The van der Waals surface area contributed by atoms with E-state index in [9.17, 15) is 4.79 Å². The summed E-state index contributed by atoms with van der Waals surface area (Å²) in [5.41, 5.74) is 2.32. The van der Waals surface area contributed by atoms with E-state index in [-0.39, 0.29) is 17.5 Å². The highest BCUT2D eigenvalue weighted by atomic mass is 16.2. The molecule has 2 N–H and O–H groups in total. The number of hydrogen-bond acceptors (Lipinski definition) is 4. The third kappa shape index (κ3) is 2.96. The third-order valence-corrected chi connectivity index (χ3v) is 4.57. The van der Waals surface area contributed by atoms with Crippen molar-refractivity contribution in [3.05, 3.63) is 17.7 Å². The molecule has 6 nitrogen and oxygen atoms in total. The van der Waals surface area contributed by atoms with Gasteiger partial charge in [0, 0.05) is 44.7 Å². The lowest BCUT2D eigenvalue weighted by Crippen LogP contribution is -2.58. The zero-order valence-corrected chi connectivity index (χ0v) is 13.1. The van der Waals surface area contributed by atoms with Gasteiger partial charge in [-0.15, -0.1) is 0 Å². The van der Waals surface area contributed by atoms with Crippen LogP contribution in [-0.2, 0) is 17.8 Å². The molecule has 6 heteroatoms. The Morgan fingerprint density at radius 2 is 2.00 bits per heavy atom. The highest BCUT2D eigenvalue weighted by molar-refractivity contribution is 5.82. The molecule has 1 fully saturated rings. The van der Waals surface area contributed by atoms with Gasteiger partial charge in [0.05, 0.1) is 23.8 Å². The molecule has 1 amide bonds. The molecule has 116 valence electrons. The summed E-state index contributed by atoms with van der Waals surface area (Å²) in [5.74, 6) is 0.220. The number of aromatic amines is 1. The predicted molar refractivity (Wildman–Crippen MR) is 80.8 cm³/mol. The van der Waals surface area contributed by atoms with Gasteiger partial charge >= 0.3 is 0 Å². The number of aromatic nitrogens is 2. The van der Waals surface area contributed by atoms with Crippen LogP contribution in [0.3, 0.4) is 0 Å². The topological polar surface area (TPSA) is 64.3 Å². The Bertz CT molecular complexity index is 510. The maximum Gasteiger partial charge on any atom is 0.240 e. The summed E-state index contributed by atoms with van der Waals surface area (Å²) >= 11 is 0. The van der Waals surface area contributed by atoms with Crippen LogP contribution in [0.5, 0.6) is 0 Å². The summed E-state index contributed by atoms with van der Waals surface area (Å²) in [7, 11) is 0. The van der Waals surface area contributed by atoms with E-state index >= 15 is 0 Å². The van der Waals surface area contributed by atoms with Gasteiger partial charge in [-0.25, -0.2) is 4.98 Å². The molecule has 1 atom stereocenters. The van der Waals surface area contributed by atoms with E-state index in [0.717, 1.165) is 37.6 Å². The number of nitrogens with zero attached hydrogens (tertiary/aromatic N) is 3. The molecule has 0 saturated carbocycles. The standard InChI is InChI=1S/C15H25N5O/c1-15(2,3)20-6-4-19(5-7-20)14(21)12-8-11-13(9-16-12)18-10-17-11/h10,12,16H,4-9H2,1-3H3,(H,17,18). The predicted octanol–water partition coefficient (Wildman–Crippen LogP) is 0.367. The van der Waals surface area contributed by atoms with Gasteiger partial charge in [0.2, 0.25) is 5.91 Å². The molecule has 0 bridgehead atoms. The molecule has 0 spiro atoms. The van der Waals surface area contributed by atoms with Gasteiger partial charge in [0.25, 0.3) is 0 Å². The van der Waals surface area contributed by atoms with Crippen LogP contribution in [0, 0.1) is 0 Å². The molecule has 0 aromatic carbocycles. The van der Waals surface area contributed by atoms with Crippen LogP contribution in [0.1, 0.15) is 32.2 Å². The number of imidazole rings is 1. The highest BCUT2D eigenvalue weighted by Gasteiger charge is 2.33. The molecule has 3 heterocycles. The first-order valence-electron chi connectivity index (χ1n) is 7.73. The molecule has 0 radical (unpaired) electrons. The number of piperazine rings is 1. The average molecular weight is 291 g/mol. The Labute approximate surface area is 125 Å². The summed E-state index contributed by atoms with van der Waals surface area (Å²) in [5, 5.41) is 3.32. The first kappa shape index (κ1) is 14.5. The molecule has 0 aliphatic carbocycles. The van der Waals surface area contributed by atoms with Crippen molar-refractivity contribution >= 4 is 5.91 Å². The number of carbonyl (C=O) groups excluding carboxylic acids is 1. The normalized spacial score (nSPS) is 24.0. The number of nitrogens with one attached hydrogen (secondary N) is 2. The number of H-pyrrole nitrogens is 1. The zero-order chi connectivity index (χ0) is 15.0. The van der Waals surface area contributed by atoms with Crippen LogP contribution in [0.25, 0.3) is 0 Å². The van der Waals surface area contributed by atoms with Gasteiger partial charge < -0.3 is 9.88 Å². The molecular weight excluding hydrogens is 266 g/mol. The molecular formula is C15H25N5O. The van der Waals surface area contributed by atoms with E-state index in [4.69, 9.17) is 0 Å². The lowest BCUT2D eigenvalue weighted by molar-refractivity contribution is -0.136. The Morgan fingerprint density at radius 1 is 1.29 bits per heavy atom. The number of rotatable bonds is 1. The first-order chi connectivity index (χ1) is 9.95. The van der Waals surface area contributed by atoms with Crippen molar-refractivity contribution in [1.29, 1.82) is 0 Å². The van der Waals surface area contributed by atoms with Crippen LogP contribution < -0.4 is 5.32 Å². The van der Waals surface area contributed by atoms with Gasteiger partial charge in [-0.3, -0.25) is 15.0 Å². The quantitative estimate of drug-likeness (QED) is 0.784. The van der Waals surface area contributed by atoms with E-state index in [1.54, 1.807) is 6.33 Å². The highest BCUT2D eigenvalue weighted by Crippen LogP contribution is 2.18. The smallest absolute Gasteiger partial charge is 0.240 e. The third-order valence-electron chi connectivity index (χ3n) is 4.57. The minimum Gasteiger partial charge on any atom is -0.347 e. The molecule has 1 aromatic heterocycles. The van der Waals surface area contributed by atoms with Gasteiger partial charge in [-0.05, 0) is 20.8 Å². The summed E-state index contributed by atoms with van der Waals surface area (Å²) in [6.45, 7) is 10.9. The van der Waals surface area contributed by atoms with E-state index < -0.39 is 0 Å². The lowest BCUT2D eigenvalue weighted by atomic mass is 10.0. The molecule has 21 heavy (non-hydrogen) atoms. The second-order valence-corrected chi connectivity index (χ2v) is 6.95. The molecule has 2 aliphatic heterocycles. The summed E-state index contributed by atoms with van der Waals surface area (Å²) < 4.78 is 0. The van der Waals surface area contributed by atoms with Crippen molar-refractivity contribution in [3.63, 3.8) is 0 Å². The number of hydrogen-bond donors (Lipinski definition) is 2. The Balaban J connectivity index is 1.58. The average Bonchev–Trinajstić information content (AvgIpc) is 2.93. The minimum absolute atomic E-state index is 0.123. The first-order valence-corrected chi connectivity index (χ1v) is 7.73. The maximum absolute atomic E-state index is 12.6. The van der Waals surface area contributed by atoms with Crippen LogP contribution in [-0.4, -0.2) is 63.4 Å². The number of fused-ring (bicyclic) bond motifs is 1. The Kier molecular flexibility index (Phi) is 3.75. The number of carbonyl (C=O) groups is 1. The second kappa shape index (κ2) is 5.42. The molecule has 1 aromatic rings. The van der Waals surface area contributed by atoms with Crippen LogP contribution in [0.4, 0.5) is 0 Å². The molecule has 1 saturated heterocycles. The van der Waals surface area contributed by atoms with E-state index in [1.807, 2.05) is 4.90 Å². The van der Waals surface area contributed by atoms with Crippen molar-refractivity contribution in [2.24, 2.45) is 0 Å². The van der Waals surface area contributed by atoms with Crippen molar-refractivity contribution in [1.82, 2.24) is 25.1 Å². The van der Waals surface area contributed by atoms with Crippen LogP contribution in [0.15, 0.2) is 6.33 Å². The van der Waals surface area contributed by atoms with Crippen molar-refractivity contribution in [3.8, 4) is 0 Å². The fourth-order valence-electron chi connectivity index (χ4n) is 3.16. The van der Waals surface area contributed by atoms with Crippen molar-refractivity contribution < 1.29 is 4.79 Å². The van der Waals surface area contributed by atoms with E-state index in [1.165, 1.54) is 0 Å². The summed E-state index contributed by atoms with van der Waals surface area (Å²) in [4.78, 5) is 24.5. The number of amides is 1. The second-order valence-electron chi connectivity index (χ2n) is 6.95. The zero-order valence-electron chi connectivity index (χ0n) is 13.1. The Morgan fingerprint density at radius 3 is 2.67 bits per heavy atom. The fourth-order valence-corrected chi connectivity index (χ4v) is 3.16. The van der Waals surface area contributed by atoms with Crippen LogP contribution in [0.2, 0.25) is 0 Å². The summed E-state index contributed by atoms with van der Waals surface area (Å²) in [6, 6.07) is -0.123. The lowest BCUT2D eigenvalue weighted by Gasteiger charge is -2.43. The fraction of sp³-hybridized carbons (Fsp3) is 0.733. The van der Waals surface area contributed by atoms with Crippen molar-refractivity contribution in [2.45, 2.75) is 45.3 Å². The monoisotopic (exact) mass is 291 g/mol. The molecule has 2 aliphatic rings. The SMILES string of the molecule is CC(C)(C)N1CCN(C(=O)C2Cc3nc[nH]c3CN2)CC1. The van der Waals surface area contributed by atoms with Gasteiger partial charge in [0.15, 0.2) is 0 Å². The largest absolute Gasteiger partial charge is 0.347 e. The van der Waals surface area contributed by atoms with E-state index in [2.05, 4.69) is 41.0 Å². The minimum atomic E-state index is -0.123. The van der Waals surface area contributed by atoms with Gasteiger partial charge in [-0.1, -0.05) is 0 Å². The van der Waals surface area contributed by atoms with Gasteiger partial charge in [-0.2, -0.15) is 0 Å². The van der Waals surface area contributed by atoms with E-state index in [0.29, 0.717) is 13.0 Å². The van der Waals surface area contributed by atoms with Gasteiger partial charge in [0.1, 0.15) is 0 Å². The Hall–Kier alpha value is -1.40. The maximum atomic E-state index is 12.6. The summed E-state index contributed by atoms with van der Waals surface area (Å²) in [6.07, 6.45) is 2.40.